The van der Waals surface area contributed by atoms with Gasteiger partial charge >= 0.3 is 5.97 Å². The normalized spacial score (nSPS) is 28.3. The number of hydrogen-bond donors (Lipinski definition) is 6. The van der Waals surface area contributed by atoms with E-state index < -0.39 is 108 Å². The number of alkyl halides is 1. The van der Waals surface area contributed by atoms with Crippen LogP contribution in [0.15, 0.2) is 18.2 Å². The number of rotatable bonds is 8. The van der Waals surface area contributed by atoms with E-state index in [9.17, 15) is 44.7 Å². The summed E-state index contributed by atoms with van der Waals surface area (Å²) in [6, 6.07) is 4.19. The van der Waals surface area contributed by atoms with Gasteiger partial charge in [-0.15, -0.1) is 12.4 Å². The Hall–Kier alpha value is -3.70. The summed E-state index contributed by atoms with van der Waals surface area (Å²) in [5.41, 5.74) is 0.571. The smallest absolute Gasteiger partial charge is 0.307 e. The van der Waals surface area contributed by atoms with Crippen LogP contribution in [0, 0.1) is 0 Å². The van der Waals surface area contributed by atoms with Crippen molar-refractivity contribution in [3.8, 4) is 17.2 Å². The van der Waals surface area contributed by atoms with E-state index in [0.29, 0.717) is 0 Å². The summed E-state index contributed by atoms with van der Waals surface area (Å²) in [5, 5.41) is 54.8. The summed E-state index contributed by atoms with van der Waals surface area (Å²) in [7, 11) is 1.27. The van der Waals surface area contributed by atoms with Crippen molar-refractivity contribution >= 4 is 35.7 Å². The number of aliphatic hydroxyl groups is 3. The second-order valence-electron chi connectivity index (χ2n) is 11.2. The number of hydrogen-bond acceptors (Lipinski definition) is 14. The average Bonchev–Trinajstić information content (AvgIpc) is 3.01. The molecule has 0 bridgehead atoms. The van der Waals surface area contributed by atoms with Gasteiger partial charge < -0.3 is 50.2 Å². The number of esters is 1. The number of nitrogens with two attached hydrogens (primary N) is 1. The van der Waals surface area contributed by atoms with Gasteiger partial charge in [0, 0.05) is 36.1 Å². The lowest BCUT2D eigenvalue weighted by molar-refractivity contribution is -0.294. The Kier molecular flexibility index (Phi) is 10.1. The highest BCUT2D eigenvalue weighted by molar-refractivity contribution is 6.31. The predicted molar refractivity (Wildman–Crippen MR) is 155 cm³/mol. The lowest BCUT2D eigenvalue weighted by Crippen LogP contribution is -2.56. The van der Waals surface area contributed by atoms with Gasteiger partial charge in [0.1, 0.15) is 35.1 Å². The van der Waals surface area contributed by atoms with Crippen molar-refractivity contribution < 1.29 is 68.0 Å². The molecule has 2 aliphatic carbocycles. The molecule has 0 saturated carbocycles. The third kappa shape index (κ3) is 5.72. The molecule has 16 heteroatoms. The summed E-state index contributed by atoms with van der Waals surface area (Å²) >= 11 is 0. The Labute approximate surface area is 267 Å². The fourth-order valence-corrected chi connectivity index (χ4v) is 5.98. The van der Waals surface area contributed by atoms with Crippen molar-refractivity contribution in [1.82, 2.24) is 0 Å². The Bertz CT molecular complexity index is 1580. The number of ether oxygens (including phenoxy) is 4. The molecule has 0 aromatic heterocycles. The summed E-state index contributed by atoms with van der Waals surface area (Å²) in [5.74, 6) is -5.33. The second-order valence-corrected chi connectivity index (χ2v) is 11.2. The third-order valence-electron chi connectivity index (χ3n) is 8.37. The molecular formula is C30H33ClFNO13. The first-order valence-corrected chi connectivity index (χ1v) is 14.0. The summed E-state index contributed by atoms with van der Waals surface area (Å²) in [6.45, 7) is 0.341. The van der Waals surface area contributed by atoms with Crippen LogP contribution in [-0.4, -0.2) is 105 Å². The Morgan fingerprint density at radius 2 is 1.76 bits per heavy atom. The lowest BCUT2D eigenvalue weighted by atomic mass is 9.72. The van der Waals surface area contributed by atoms with Crippen molar-refractivity contribution in [3.63, 3.8) is 0 Å². The van der Waals surface area contributed by atoms with Gasteiger partial charge in [-0.25, -0.2) is 4.39 Å². The van der Waals surface area contributed by atoms with Crippen LogP contribution < -0.4 is 10.5 Å². The van der Waals surface area contributed by atoms with Crippen LogP contribution in [0.25, 0.3) is 0 Å². The topological polar surface area (TPSA) is 232 Å². The Balaban J connectivity index is 0.00000480. The van der Waals surface area contributed by atoms with E-state index in [4.69, 9.17) is 24.7 Å². The first-order valence-electron chi connectivity index (χ1n) is 14.0. The van der Waals surface area contributed by atoms with Crippen molar-refractivity contribution in [1.29, 1.82) is 0 Å². The van der Waals surface area contributed by atoms with Crippen LogP contribution in [0.3, 0.4) is 0 Å². The molecule has 46 heavy (non-hydrogen) atoms. The minimum Gasteiger partial charge on any atom is -0.507 e. The van der Waals surface area contributed by atoms with Crippen LogP contribution >= 0.6 is 12.4 Å². The number of benzene rings is 2. The summed E-state index contributed by atoms with van der Waals surface area (Å²) < 4.78 is 36.5. The first-order chi connectivity index (χ1) is 21.2. The number of carbonyl (C=O) groups is 4. The number of carbonyl (C=O) groups excluding carboxylic acids is 4. The van der Waals surface area contributed by atoms with Crippen LogP contribution in [0.1, 0.15) is 68.8 Å². The maximum Gasteiger partial charge on any atom is 0.307 e. The molecule has 5 rings (SSSR count). The van der Waals surface area contributed by atoms with Gasteiger partial charge in [-0.3, -0.25) is 19.2 Å². The van der Waals surface area contributed by atoms with E-state index in [2.05, 4.69) is 0 Å². The zero-order chi connectivity index (χ0) is 33.0. The second kappa shape index (κ2) is 13.2. The molecule has 1 unspecified atom stereocenters. The zero-order valence-corrected chi connectivity index (χ0v) is 25.4. The monoisotopic (exact) mass is 669 g/mol. The zero-order valence-electron chi connectivity index (χ0n) is 24.6. The number of aliphatic hydroxyl groups excluding tert-OH is 2. The molecule has 2 aromatic carbocycles. The standard InChI is InChI=1S/C30H32FNO13.ClH/c1-11-23(35)28(40)22(31)29(44-11)45-15-9-30(41,16(33)10-43-17(34)6-7-32)8-13-19(15)27(39)21-20(25(13)37)24(36)12-4-3-5-14(42-2)18(12)26(21)38;/h3-5,11,15,22-23,28-29,35,37,39-41H,6-10,32H2,1-2H3;1H/t11-,15+,22-,23+,28+,29-,30?;/m0./s1. The quantitative estimate of drug-likeness (QED) is 0.140. The van der Waals surface area contributed by atoms with Crippen molar-refractivity contribution in [2.75, 3.05) is 20.3 Å². The molecule has 0 amide bonds. The largest absolute Gasteiger partial charge is 0.507 e. The van der Waals surface area contributed by atoms with Crippen molar-refractivity contribution in [2.45, 2.75) is 68.7 Å². The number of phenolic OH excluding ortho intramolecular Hbond substituents is 2. The van der Waals surface area contributed by atoms with Gasteiger partial charge in [0.05, 0.1) is 42.4 Å². The molecule has 1 aliphatic heterocycles. The number of Topliss-reactive ketones (excluding diaryl/α,β-unsaturated/α-hetero) is 1. The van der Waals surface area contributed by atoms with Gasteiger partial charge in [0.2, 0.25) is 11.6 Å². The van der Waals surface area contributed by atoms with E-state index in [1.807, 2.05) is 0 Å². The van der Waals surface area contributed by atoms with Gasteiger partial charge in [-0.2, -0.15) is 0 Å². The number of methoxy groups -OCH3 is 1. The molecule has 250 valence electrons. The highest BCUT2D eigenvalue weighted by atomic mass is 35.5. The Morgan fingerprint density at radius 1 is 1.09 bits per heavy atom. The molecule has 14 nitrogen and oxygen atoms in total. The van der Waals surface area contributed by atoms with Gasteiger partial charge in [0.15, 0.2) is 24.9 Å². The molecular weight excluding hydrogens is 637 g/mol. The minimum atomic E-state index is -2.48. The summed E-state index contributed by atoms with van der Waals surface area (Å²) in [4.78, 5) is 52.5. The predicted octanol–water partition coefficient (Wildman–Crippen LogP) is 0.304. The van der Waals surface area contributed by atoms with Gasteiger partial charge in [0.25, 0.3) is 0 Å². The maximum absolute atomic E-state index is 15.2. The molecule has 0 radical (unpaired) electrons. The highest BCUT2D eigenvalue weighted by Crippen LogP contribution is 2.52. The number of halogens is 2. The number of fused-ring (bicyclic) bond motifs is 3. The van der Waals surface area contributed by atoms with E-state index in [1.165, 1.54) is 32.2 Å². The lowest BCUT2D eigenvalue weighted by Gasteiger charge is -2.43. The number of aromatic hydroxyl groups is 2. The molecule has 3 aliphatic rings. The van der Waals surface area contributed by atoms with Gasteiger partial charge in [-0.1, -0.05) is 12.1 Å². The molecule has 2 aromatic rings. The minimum absolute atomic E-state index is 0. The molecule has 0 spiro atoms. The van der Waals surface area contributed by atoms with Crippen LogP contribution in [0.2, 0.25) is 0 Å². The molecule has 7 N–H and O–H groups in total. The van der Waals surface area contributed by atoms with E-state index in [-0.39, 0.29) is 53.4 Å². The Morgan fingerprint density at radius 3 is 2.41 bits per heavy atom. The average molecular weight is 670 g/mol. The highest BCUT2D eigenvalue weighted by Gasteiger charge is 2.52. The number of phenols is 2. The van der Waals surface area contributed by atoms with Crippen LogP contribution in [0.4, 0.5) is 4.39 Å². The fourth-order valence-electron chi connectivity index (χ4n) is 5.98. The van der Waals surface area contributed by atoms with E-state index >= 15 is 4.39 Å². The van der Waals surface area contributed by atoms with E-state index in [1.54, 1.807) is 0 Å². The molecule has 1 saturated heterocycles. The fraction of sp³-hybridized carbons (Fsp3) is 0.467. The van der Waals surface area contributed by atoms with Crippen LogP contribution in [-0.2, 0) is 30.2 Å². The third-order valence-corrected chi connectivity index (χ3v) is 8.37. The van der Waals surface area contributed by atoms with Crippen molar-refractivity contribution in [2.24, 2.45) is 5.73 Å². The van der Waals surface area contributed by atoms with Gasteiger partial charge in [-0.05, 0) is 13.0 Å². The molecule has 1 heterocycles. The number of ketones is 3. The molecule has 7 atom stereocenters. The van der Waals surface area contributed by atoms with E-state index in [0.717, 1.165) is 0 Å². The molecule has 1 fully saturated rings. The SMILES string of the molecule is COc1cccc2c1C(=O)c1c(O)c3c(c(O)c1C2=O)CC(O)(C(=O)COC(=O)CCN)C[C@H]3O[C@@H]1O[C@@H](C)[C@@H](O)[C@H](O)[C@@H]1F.Cl. The van der Waals surface area contributed by atoms with Crippen LogP contribution in [0.5, 0.6) is 17.2 Å². The maximum atomic E-state index is 15.2. The first kappa shape index (κ1) is 35.2. The van der Waals surface area contributed by atoms with Crippen molar-refractivity contribution in [3.05, 3.63) is 51.6 Å². The summed E-state index contributed by atoms with van der Waals surface area (Å²) in [6.07, 6.45) is -12.4.